The number of rotatable bonds is 9. The number of phenols is 2. The van der Waals surface area contributed by atoms with Crippen molar-refractivity contribution in [1.29, 1.82) is 0 Å². The molecule has 2 aromatic carbocycles. The Bertz CT molecular complexity index is 769. The van der Waals surface area contributed by atoms with E-state index in [2.05, 4.69) is 10.2 Å². The number of phenolic OH excluding ortho intramolecular Hbond substituents is 2. The van der Waals surface area contributed by atoms with Gasteiger partial charge >= 0.3 is 0 Å². The van der Waals surface area contributed by atoms with Gasteiger partial charge in [-0.3, -0.25) is 10.0 Å². The van der Waals surface area contributed by atoms with Crippen LogP contribution in [0.5, 0.6) is 23.0 Å². The third-order valence-corrected chi connectivity index (χ3v) is 4.00. The molecule has 0 spiro atoms. The van der Waals surface area contributed by atoms with Gasteiger partial charge in [0.2, 0.25) is 0 Å². The van der Waals surface area contributed by atoms with Gasteiger partial charge in [-0.15, -0.1) is 0 Å². The zero-order chi connectivity index (χ0) is 20.5. The maximum Gasteiger partial charge on any atom is 0.124 e. The van der Waals surface area contributed by atoms with Crippen molar-refractivity contribution >= 4 is 12.4 Å². The van der Waals surface area contributed by atoms with Crippen molar-refractivity contribution in [2.75, 3.05) is 41.4 Å². The lowest BCUT2D eigenvalue weighted by Crippen LogP contribution is -2.25. The second kappa shape index (κ2) is 10.1. The molecule has 0 radical (unpaired) electrons. The standard InChI is InChI=1S/C20H26N4O4/c1-23(21-13-15-11-17(27-3)5-7-19(15)25)9-10-24(2)22-14-16-12-18(28-4)6-8-20(16)26/h5-8,11-14,25-26H,9-10H2,1-4H3. The van der Waals surface area contributed by atoms with Crippen LogP contribution < -0.4 is 9.47 Å². The number of hydrogen-bond donors (Lipinski definition) is 2. The Morgan fingerprint density at radius 1 is 0.786 bits per heavy atom. The summed E-state index contributed by atoms with van der Waals surface area (Å²) < 4.78 is 10.3. The maximum absolute atomic E-state index is 9.88. The summed E-state index contributed by atoms with van der Waals surface area (Å²) >= 11 is 0. The van der Waals surface area contributed by atoms with Gasteiger partial charge in [-0.25, -0.2) is 0 Å². The molecule has 0 aliphatic rings. The highest BCUT2D eigenvalue weighted by Gasteiger charge is 2.03. The van der Waals surface area contributed by atoms with E-state index in [0.717, 1.165) is 0 Å². The molecule has 150 valence electrons. The number of aromatic hydroxyl groups is 2. The Morgan fingerprint density at radius 3 is 1.54 bits per heavy atom. The summed E-state index contributed by atoms with van der Waals surface area (Å²) in [5, 5.41) is 31.9. The third-order valence-electron chi connectivity index (χ3n) is 4.00. The Labute approximate surface area is 164 Å². The van der Waals surface area contributed by atoms with E-state index < -0.39 is 0 Å². The van der Waals surface area contributed by atoms with E-state index in [1.54, 1.807) is 73.1 Å². The van der Waals surface area contributed by atoms with Crippen molar-refractivity contribution in [1.82, 2.24) is 10.0 Å². The monoisotopic (exact) mass is 386 g/mol. The number of likely N-dealkylation sites (N-methyl/N-ethyl adjacent to an activating group) is 2. The molecule has 8 nitrogen and oxygen atoms in total. The molecular formula is C20H26N4O4. The fraction of sp³-hybridized carbons (Fsp3) is 0.300. The SMILES string of the molecule is COc1ccc(O)c(C=NN(C)CCN(C)N=Cc2cc(OC)ccc2O)c1. The lowest BCUT2D eigenvalue weighted by molar-refractivity contribution is 0.272. The topological polar surface area (TPSA) is 90.1 Å². The summed E-state index contributed by atoms with van der Waals surface area (Å²) in [7, 11) is 6.81. The van der Waals surface area contributed by atoms with Gasteiger partial charge in [-0.1, -0.05) is 0 Å². The van der Waals surface area contributed by atoms with Gasteiger partial charge in [0.15, 0.2) is 0 Å². The zero-order valence-corrected chi connectivity index (χ0v) is 16.5. The van der Waals surface area contributed by atoms with Crippen molar-refractivity contribution in [3.8, 4) is 23.0 Å². The largest absolute Gasteiger partial charge is 0.507 e. The molecule has 28 heavy (non-hydrogen) atoms. The molecule has 0 fully saturated rings. The smallest absolute Gasteiger partial charge is 0.124 e. The molecule has 0 aliphatic heterocycles. The minimum Gasteiger partial charge on any atom is -0.507 e. The molecule has 0 atom stereocenters. The van der Waals surface area contributed by atoms with E-state index in [4.69, 9.17) is 9.47 Å². The fourth-order valence-electron chi connectivity index (χ4n) is 2.25. The van der Waals surface area contributed by atoms with Crippen LogP contribution in [0.15, 0.2) is 46.6 Å². The van der Waals surface area contributed by atoms with Crippen molar-refractivity contribution in [2.45, 2.75) is 0 Å². The first-order chi connectivity index (χ1) is 13.4. The Morgan fingerprint density at radius 2 is 1.18 bits per heavy atom. The summed E-state index contributed by atoms with van der Waals surface area (Å²) in [4.78, 5) is 0. The Kier molecular flexibility index (Phi) is 7.50. The number of methoxy groups -OCH3 is 2. The van der Waals surface area contributed by atoms with Crippen LogP contribution in [-0.2, 0) is 0 Å². The van der Waals surface area contributed by atoms with E-state index in [1.165, 1.54) is 0 Å². The highest BCUT2D eigenvalue weighted by Crippen LogP contribution is 2.22. The third kappa shape index (κ3) is 6.08. The molecule has 0 amide bonds. The molecule has 2 rings (SSSR count). The minimum absolute atomic E-state index is 0.137. The normalized spacial score (nSPS) is 11.1. The van der Waals surface area contributed by atoms with Crippen LogP contribution in [0.3, 0.4) is 0 Å². The predicted octanol–water partition coefficient (Wildman–Crippen LogP) is 2.35. The lowest BCUT2D eigenvalue weighted by atomic mass is 10.2. The summed E-state index contributed by atoms with van der Waals surface area (Å²) in [6.07, 6.45) is 3.16. The second-order valence-corrected chi connectivity index (χ2v) is 6.10. The van der Waals surface area contributed by atoms with Gasteiger partial charge in [0, 0.05) is 25.2 Å². The van der Waals surface area contributed by atoms with Crippen molar-refractivity contribution in [2.24, 2.45) is 10.2 Å². The number of hydrazone groups is 2. The summed E-state index contributed by atoms with van der Waals surface area (Å²) in [6, 6.07) is 9.92. The second-order valence-electron chi connectivity index (χ2n) is 6.10. The first-order valence-corrected chi connectivity index (χ1v) is 8.67. The molecule has 0 heterocycles. The first kappa shape index (κ1) is 20.9. The van der Waals surface area contributed by atoms with Gasteiger partial charge in [-0.2, -0.15) is 10.2 Å². The molecule has 8 heteroatoms. The molecule has 0 aromatic heterocycles. The van der Waals surface area contributed by atoms with Gasteiger partial charge < -0.3 is 19.7 Å². The van der Waals surface area contributed by atoms with Gasteiger partial charge in [0.05, 0.1) is 39.7 Å². The molecule has 0 bridgehead atoms. The maximum atomic E-state index is 9.88. The number of ether oxygens (including phenoxy) is 2. The van der Waals surface area contributed by atoms with Crippen molar-refractivity contribution in [3.63, 3.8) is 0 Å². The fourth-order valence-corrected chi connectivity index (χ4v) is 2.25. The lowest BCUT2D eigenvalue weighted by Gasteiger charge is -2.17. The molecule has 0 unspecified atom stereocenters. The zero-order valence-electron chi connectivity index (χ0n) is 16.5. The molecular weight excluding hydrogens is 360 g/mol. The van der Waals surface area contributed by atoms with Gasteiger partial charge in [0.25, 0.3) is 0 Å². The van der Waals surface area contributed by atoms with E-state index in [9.17, 15) is 10.2 Å². The van der Waals surface area contributed by atoms with E-state index in [0.29, 0.717) is 35.7 Å². The number of hydrogen-bond acceptors (Lipinski definition) is 8. The molecule has 0 saturated heterocycles. The van der Waals surface area contributed by atoms with Crippen LogP contribution >= 0.6 is 0 Å². The van der Waals surface area contributed by atoms with Crippen LogP contribution in [-0.4, -0.2) is 74.1 Å². The summed E-state index contributed by atoms with van der Waals surface area (Å²) in [5.41, 5.74) is 1.15. The van der Waals surface area contributed by atoms with Gasteiger partial charge in [-0.05, 0) is 36.4 Å². The van der Waals surface area contributed by atoms with E-state index in [-0.39, 0.29) is 11.5 Å². The van der Waals surface area contributed by atoms with Gasteiger partial charge in [0.1, 0.15) is 23.0 Å². The predicted molar refractivity (Wildman–Crippen MR) is 110 cm³/mol. The molecule has 0 saturated carbocycles. The highest BCUT2D eigenvalue weighted by atomic mass is 16.5. The number of nitrogens with zero attached hydrogens (tertiary/aromatic N) is 4. The highest BCUT2D eigenvalue weighted by molar-refractivity contribution is 5.84. The molecule has 0 aliphatic carbocycles. The van der Waals surface area contributed by atoms with Crippen LogP contribution in [0.25, 0.3) is 0 Å². The van der Waals surface area contributed by atoms with Crippen molar-refractivity contribution < 1.29 is 19.7 Å². The summed E-state index contributed by atoms with van der Waals surface area (Å²) in [5.74, 6) is 1.57. The Hall–Kier alpha value is -3.42. The minimum atomic E-state index is 0.137. The van der Waals surface area contributed by atoms with Crippen LogP contribution in [0.2, 0.25) is 0 Å². The van der Waals surface area contributed by atoms with Crippen LogP contribution in [0, 0.1) is 0 Å². The van der Waals surface area contributed by atoms with Crippen LogP contribution in [0.1, 0.15) is 11.1 Å². The average Bonchev–Trinajstić information content (AvgIpc) is 2.71. The van der Waals surface area contributed by atoms with E-state index in [1.807, 2.05) is 14.1 Å². The average molecular weight is 386 g/mol. The summed E-state index contributed by atoms with van der Waals surface area (Å²) in [6.45, 7) is 1.22. The molecule has 2 aromatic rings. The van der Waals surface area contributed by atoms with Crippen molar-refractivity contribution in [3.05, 3.63) is 47.5 Å². The molecule has 2 N–H and O–H groups in total. The quantitative estimate of drug-likeness (QED) is 0.508. The van der Waals surface area contributed by atoms with E-state index >= 15 is 0 Å². The first-order valence-electron chi connectivity index (χ1n) is 8.67. The van der Waals surface area contributed by atoms with Crippen LogP contribution in [0.4, 0.5) is 0 Å². The number of benzene rings is 2. The Balaban J connectivity index is 1.89.